The molecular formula is C14H19NO5S. The van der Waals surface area contributed by atoms with Gasteiger partial charge in [-0.2, -0.15) is 0 Å². The lowest BCUT2D eigenvalue weighted by Crippen LogP contribution is -2.34. The number of fused-ring (bicyclic) bond motifs is 1. The molecule has 0 aromatic heterocycles. The lowest BCUT2D eigenvalue weighted by Gasteiger charge is -2.23. The van der Waals surface area contributed by atoms with Gasteiger partial charge in [-0.05, 0) is 35.0 Å². The molecule has 0 saturated heterocycles. The summed E-state index contributed by atoms with van der Waals surface area (Å²) in [4.78, 5) is 0. The molecule has 0 fully saturated rings. The van der Waals surface area contributed by atoms with E-state index in [1.54, 1.807) is 12.1 Å². The molecule has 0 unspecified atom stereocenters. The molecule has 0 atom stereocenters. The first-order valence-electron chi connectivity index (χ1n) is 6.09. The van der Waals surface area contributed by atoms with Gasteiger partial charge in [0.2, 0.25) is 10.4 Å². The van der Waals surface area contributed by atoms with Crippen molar-refractivity contribution in [3.8, 4) is 5.75 Å². The molecule has 0 heterocycles. The summed E-state index contributed by atoms with van der Waals surface area (Å²) >= 11 is 0. The minimum atomic E-state index is -4.41. The highest BCUT2D eigenvalue weighted by Gasteiger charge is 2.11. The van der Waals surface area contributed by atoms with Gasteiger partial charge in [-0.15, -0.1) is 0 Å². The van der Waals surface area contributed by atoms with Gasteiger partial charge in [0.1, 0.15) is 11.4 Å². The molecule has 0 radical (unpaired) electrons. The van der Waals surface area contributed by atoms with Crippen LogP contribution in [0.5, 0.6) is 5.75 Å². The summed E-state index contributed by atoms with van der Waals surface area (Å²) in [6.07, 6.45) is 0. The van der Waals surface area contributed by atoms with Gasteiger partial charge >= 0.3 is 0 Å². The molecule has 0 aliphatic carbocycles. The van der Waals surface area contributed by atoms with E-state index in [2.05, 4.69) is 43.5 Å². The number of aromatic hydroxyl groups is 1. The van der Waals surface area contributed by atoms with Crippen LogP contribution >= 0.6 is 0 Å². The second-order valence-corrected chi connectivity index (χ2v) is 6.45. The molecule has 0 saturated carbocycles. The average molecular weight is 313 g/mol. The van der Waals surface area contributed by atoms with Crippen molar-refractivity contribution in [2.24, 2.45) is 0 Å². The van der Waals surface area contributed by atoms with E-state index in [-0.39, 0.29) is 0 Å². The van der Waals surface area contributed by atoms with E-state index in [0.29, 0.717) is 5.75 Å². The van der Waals surface area contributed by atoms with Crippen LogP contribution in [-0.4, -0.2) is 46.3 Å². The molecule has 6 nitrogen and oxygen atoms in total. The quantitative estimate of drug-likeness (QED) is 0.519. The van der Waals surface area contributed by atoms with Crippen LogP contribution in [-0.2, 0) is 14.6 Å². The van der Waals surface area contributed by atoms with Gasteiger partial charge in [-0.1, -0.05) is 6.07 Å². The number of benzene rings is 2. The lowest BCUT2D eigenvalue weighted by molar-refractivity contribution is 0.314. The first-order chi connectivity index (χ1) is 9.53. The van der Waals surface area contributed by atoms with E-state index < -0.39 is 10.4 Å². The fourth-order valence-electron chi connectivity index (χ4n) is 1.64. The molecule has 0 aliphatic rings. The number of quaternary nitrogens is 1. The molecule has 21 heavy (non-hydrogen) atoms. The minimum Gasteiger partial charge on any atom is -0.726 e. The topological polar surface area (TPSA) is 86.7 Å². The Hall–Kier alpha value is -1.67. The molecule has 2 rings (SSSR count). The first kappa shape index (κ1) is 17.4. The standard InChI is InChI=1S/C13H15NO.CH4O4S/c1-14(2,3)12-6-4-10-5-7-13(15)9-11(10)8-12;1-5-6(2,3)4/h4-9H,1-3H3;1H3,(H,2,3,4). The van der Waals surface area contributed by atoms with Crippen LogP contribution in [0.15, 0.2) is 36.4 Å². The summed E-state index contributed by atoms with van der Waals surface area (Å²) in [5.74, 6) is 0.320. The molecule has 2 aromatic rings. The molecule has 0 bridgehead atoms. The second-order valence-electron chi connectivity index (χ2n) is 5.30. The molecule has 116 valence electrons. The van der Waals surface area contributed by atoms with Crippen LogP contribution in [0.1, 0.15) is 0 Å². The number of phenolic OH excluding ortho intramolecular Hbond substituents is 1. The molecular weight excluding hydrogens is 294 g/mol. The van der Waals surface area contributed by atoms with Crippen LogP contribution in [0.3, 0.4) is 0 Å². The Kier molecular flexibility index (Phi) is 5.30. The van der Waals surface area contributed by atoms with E-state index in [9.17, 15) is 18.1 Å². The third-order valence-electron chi connectivity index (χ3n) is 2.79. The maximum atomic E-state index is 9.42. The number of hydrogen-bond donors (Lipinski definition) is 1. The molecule has 0 aliphatic heterocycles. The number of rotatable bonds is 2. The minimum absolute atomic E-state index is 0.320. The van der Waals surface area contributed by atoms with Crippen molar-refractivity contribution in [1.82, 2.24) is 4.48 Å². The molecule has 1 N–H and O–H groups in total. The SMILES string of the molecule is COS(=O)(=O)[O-].C[N+](C)(C)c1ccc2ccc(O)cc2c1. The fourth-order valence-corrected chi connectivity index (χ4v) is 1.64. The maximum Gasteiger partial charge on any atom is 0.217 e. The van der Waals surface area contributed by atoms with Crippen LogP contribution < -0.4 is 4.48 Å². The van der Waals surface area contributed by atoms with Crippen molar-refractivity contribution in [2.45, 2.75) is 0 Å². The van der Waals surface area contributed by atoms with Crippen LogP contribution in [0.25, 0.3) is 10.8 Å². The van der Waals surface area contributed by atoms with Gasteiger partial charge in [-0.3, -0.25) is 8.67 Å². The highest BCUT2D eigenvalue weighted by molar-refractivity contribution is 7.80. The van der Waals surface area contributed by atoms with E-state index >= 15 is 0 Å². The Bertz CT molecular complexity index is 720. The highest BCUT2D eigenvalue weighted by atomic mass is 32.3. The third kappa shape index (κ3) is 5.68. The molecule has 7 heteroatoms. The van der Waals surface area contributed by atoms with Crippen molar-refractivity contribution in [1.29, 1.82) is 0 Å². The summed E-state index contributed by atoms with van der Waals surface area (Å²) in [5, 5.41) is 11.7. The lowest BCUT2D eigenvalue weighted by atomic mass is 10.1. The van der Waals surface area contributed by atoms with Crippen molar-refractivity contribution in [3.05, 3.63) is 36.4 Å². The summed E-state index contributed by atoms with van der Waals surface area (Å²) in [6.45, 7) is 0. The van der Waals surface area contributed by atoms with Gasteiger partial charge in [0.25, 0.3) is 0 Å². The number of phenols is 1. The Labute approximate surface area is 124 Å². The zero-order chi connectivity index (χ0) is 16.3. The normalized spacial score (nSPS) is 11.9. The van der Waals surface area contributed by atoms with E-state index in [0.717, 1.165) is 22.4 Å². The molecule has 2 aromatic carbocycles. The highest BCUT2D eigenvalue weighted by Crippen LogP contribution is 2.26. The number of nitrogens with zero attached hydrogens (tertiary/aromatic N) is 1. The average Bonchev–Trinajstić information content (AvgIpc) is 2.36. The van der Waals surface area contributed by atoms with Gasteiger partial charge in [0.15, 0.2) is 0 Å². The Balaban J connectivity index is 0.000000315. The van der Waals surface area contributed by atoms with Crippen molar-refractivity contribution in [2.75, 3.05) is 28.3 Å². The zero-order valence-electron chi connectivity index (χ0n) is 12.4. The maximum absolute atomic E-state index is 9.42. The van der Waals surface area contributed by atoms with Crippen LogP contribution in [0.2, 0.25) is 0 Å². The largest absolute Gasteiger partial charge is 0.726 e. The molecule has 0 spiro atoms. The first-order valence-corrected chi connectivity index (χ1v) is 7.42. The summed E-state index contributed by atoms with van der Waals surface area (Å²) < 4.78 is 31.8. The Morgan fingerprint density at radius 2 is 1.57 bits per heavy atom. The number of hydrogen-bond acceptors (Lipinski definition) is 5. The van der Waals surface area contributed by atoms with E-state index in [1.807, 2.05) is 6.07 Å². The predicted molar refractivity (Wildman–Crippen MR) is 81.9 cm³/mol. The predicted octanol–water partition coefficient (Wildman–Crippen LogP) is 1.84. The summed E-state index contributed by atoms with van der Waals surface area (Å²) in [5.41, 5.74) is 1.23. The van der Waals surface area contributed by atoms with Gasteiger partial charge in [0, 0.05) is 6.07 Å². The summed E-state index contributed by atoms with van der Waals surface area (Å²) in [7, 11) is 2.78. The zero-order valence-corrected chi connectivity index (χ0v) is 13.2. The van der Waals surface area contributed by atoms with E-state index in [4.69, 9.17) is 0 Å². The second kappa shape index (κ2) is 6.40. The third-order valence-corrected chi connectivity index (χ3v) is 3.19. The fraction of sp³-hybridized carbons (Fsp3) is 0.286. The van der Waals surface area contributed by atoms with Gasteiger partial charge in [0.05, 0.1) is 28.3 Å². The van der Waals surface area contributed by atoms with Gasteiger partial charge in [-0.25, -0.2) is 8.42 Å². The molecule has 0 amide bonds. The smallest absolute Gasteiger partial charge is 0.217 e. The summed E-state index contributed by atoms with van der Waals surface area (Å²) in [6, 6.07) is 11.8. The Morgan fingerprint density at radius 1 is 1.05 bits per heavy atom. The van der Waals surface area contributed by atoms with Crippen LogP contribution in [0, 0.1) is 0 Å². The van der Waals surface area contributed by atoms with Gasteiger partial charge < -0.3 is 9.66 Å². The van der Waals surface area contributed by atoms with Crippen molar-refractivity contribution in [3.63, 3.8) is 0 Å². The van der Waals surface area contributed by atoms with Crippen molar-refractivity contribution < 1.29 is 22.3 Å². The van der Waals surface area contributed by atoms with Crippen molar-refractivity contribution >= 4 is 26.9 Å². The Morgan fingerprint density at radius 3 is 2.05 bits per heavy atom. The van der Waals surface area contributed by atoms with Crippen LogP contribution in [0.4, 0.5) is 5.69 Å². The van der Waals surface area contributed by atoms with E-state index in [1.165, 1.54) is 5.69 Å². The monoisotopic (exact) mass is 313 g/mol.